The number of rotatable bonds is 5. The fourth-order valence-corrected chi connectivity index (χ4v) is 2.21. The molecule has 80 valence electrons. The monoisotopic (exact) mass is 193 g/mol. The Morgan fingerprint density at radius 2 is 1.93 bits per heavy atom. The molecule has 1 rings (SSSR count). The minimum atomic E-state index is 0.790. The van der Waals surface area contributed by atoms with Crippen LogP contribution in [-0.2, 0) is 0 Å². The van der Waals surface area contributed by atoms with Crippen LogP contribution >= 0.6 is 0 Å². The molecule has 0 amide bonds. The van der Waals surface area contributed by atoms with E-state index < -0.39 is 0 Å². The van der Waals surface area contributed by atoms with Gasteiger partial charge in [0.2, 0.25) is 0 Å². The van der Waals surface area contributed by atoms with Gasteiger partial charge in [-0.3, -0.25) is 0 Å². The van der Waals surface area contributed by atoms with Crippen molar-refractivity contribution in [2.75, 3.05) is 0 Å². The lowest BCUT2D eigenvalue weighted by molar-refractivity contribution is 0.343. The second-order valence-corrected chi connectivity index (χ2v) is 4.48. The zero-order valence-electron chi connectivity index (χ0n) is 9.44. The number of hydrogen-bond donors (Lipinski definition) is 1. The first kappa shape index (κ1) is 11.5. The van der Waals surface area contributed by atoms with Crippen LogP contribution in [0.25, 0.3) is 0 Å². The summed E-state index contributed by atoms with van der Waals surface area (Å²) < 4.78 is 0. The van der Waals surface area contributed by atoms with E-state index in [1.807, 2.05) is 0 Å². The van der Waals surface area contributed by atoms with E-state index in [0.717, 1.165) is 30.0 Å². The van der Waals surface area contributed by atoms with Gasteiger partial charge in [0.05, 0.1) is 0 Å². The largest absolute Gasteiger partial charge is 0.305 e. The molecule has 1 heteroatoms. The summed E-state index contributed by atoms with van der Waals surface area (Å²) in [6.07, 6.45) is 10.1. The van der Waals surface area contributed by atoms with Gasteiger partial charge < -0.3 is 5.41 Å². The van der Waals surface area contributed by atoms with Crippen LogP contribution in [0.2, 0.25) is 0 Å². The van der Waals surface area contributed by atoms with Crippen molar-refractivity contribution in [3.63, 3.8) is 0 Å². The lowest BCUT2D eigenvalue weighted by Crippen LogP contribution is -2.09. The first-order chi connectivity index (χ1) is 6.74. The fourth-order valence-electron chi connectivity index (χ4n) is 2.21. The van der Waals surface area contributed by atoms with E-state index in [2.05, 4.69) is 13.5 Å². The van der Waals surface area contributed by atoms with Crippen LogP contribution in [0.3, 0.4) is 0 Å². The van der Waals surface area contributed by atoms with E-state index in [-0.39, 0.29) is 0 Å². The van der Waals surface area contributed by atoms with E-state index in [0.29, 0.717) is 0 Å². The molecule has 14 heavy (non-hydrogen) atoms. The number of nitrogens with one attached hydrogen (secondary N) is 1. The Bertz CT molecular complexity index is 199. The summed E-state index contributed by atoms with van der Waals surface area (Å²) in [5.74, 6) is 0.897. The Balaban J connectivity index is 2.18. The molecule has 1 nitrogen and oxygen atoms in total. The lowest BCUT2D eigenvalue weighted by Gasteiger charge is -2.21. The summed E-state index contributed by atoms with van der Waals surface area (Å²) in [7, 11) is 0. The van der Waals surface area contributed by atoms with E-state index in [9.17, 15) is 0 Å². The fraction of sp³-hybridized carbons (Fsp3) is 0.769. The number of allylic oxidation sites excluding steroid dienone is 1. The van der Waals surface area contributed by atoms with Gasteiger partial charge in [-0.15, -0.1) is 0 Å². The SMILES string of the molecule is C=C(CC)C(=N)CCC1CCCCC1. The third-order valence-electron chi connectivity index (χ3n) is 3.38. The average Bonchev–Trinajstić information content (AvgIpc) is 2.26. The maximum absolute atomic E-state index is 7.81. The van der Waals surface area contributed by atoms with Gasteiger partial charge in [0.15, 0.2) is 0 Å². The third kappa shape index (κ3) is 3.65. The topological polar surface area (TPSA) is 23.9 Å². The molecule has 0 unspecified atom stereocenters. The van der Waals surface area contributed by atoms with Gasteiger partial charge in [-0.1, -0.05) is 45.6 Å². The molecule has 0 heterocycles. The molecule has 1 fully saturated rings. The molecule has 0 spiro atoms. The molecule has 0 radical (unpaired) electrons. The quantitative estimate of drug-likeness (QED) is 0.628. The molecular weight excluding hydrogens is 170 g/mol. The smallest absolute Gasteiger partial charge is 0.0339 e. The van der Waals surface area contributed by atoms with Gasteiger partial charge in [0, 0.05) is 5.71 Å². The average molecular weight is 193 g/mol. The molecule has 1 aliphatic rings. The standard InChI is InChI=1S/C13H23N/c1-3-11(2)13(14)10-9-12-7-5-4-6-8-12/h12,14H,2-10H2,1H3. The predicted molar refractivity (Wildman–Crippen MR) is 63.0 cm³/mol. The highest BCUT2D eigenvalue weighted by atomic mass is 14.4. The van der Waals surface area contributed by atoms with Crippen molar-refractivity contribution in [1.82, 2.24) is 0 Å². The molecule has 0 aromatic carbocycles. The van der Waals surface area contributed by atoms with Crippen LogP contribution in [0.4, 0.5) is 0 Å². The van der Waals surface area contributed by atoms with Crippen molar-refractivity contribution < 1.29 is 0 Å². The molecule has 1 aliphatic carbocycles. The van der Waals surface area contributed by atoms with Crippen LogP contribution in [0, 0.1) is 11.3 Å². The summed E-state index contributed by atoms with van der Waals surface area (Å²) in [5, 5.41) is 7.81. The molecule has 0 atom stereocenters. The lowest BCUT2D eigenvalue weighted by atomic mass is 9.85. The molecule has 0 aliphatic heterocycles. The van der Waals surface area contributed by atoms with Crippen LogP contribution < -0.4 is 0 Å². The van der Waals surface area contributed by atoms with Crippen molar-refractivity contribution in [1.29, 1.82) is 5.41 Å². The van der Waals surface area contributed by atoms with Gasteiger partial charge in [-0.2, -0.15) is 0 Å². The second kappa shape index (κ2) is 6.00. The van der Waals surface area contributed by atoms with Crippen LogP contribution in [0.1, 0.15) is 58.3 Å². The minimum absolute atomic E-state index is 0.790. The van der Waals surface area contributed by atoms with Gasteiger partial charge in [-0.25, -0.2) is 0 Å². The molecule has 0 aromatic heterocycles. The third-order valence-corrected chi connectivity index (χ3v) is 3.38. The van der Waals surface area contributed by atoms with E-state index in [4.69, 9.17) is 5.41 Å². The highest BCUT2D eigenvalue weighted by Gasteiger charge is 2.13. The highest BCUT2D eigenvalue weighted by Crippen LogP contribution is 2.27. The molecule has 0 bridgehead atoms. The Kier molecular flexibility index (Phi) is 4.92. The van der Waals surface area contributed by atoms with Crippen molar-refractivity contribution in [2.24, 2.45) is 5.92 Å². The second-order valence-electron chi connectivity index (χ2n) is 4.48. The van der Waals surface area contributed by atoms with Gasteiger partial charge in [0.25, 0.3) is 0 Å². The zero-order chi connectivity index (χ0) is 10.4. The normalized spacial score (nSPS) is 18.1. The molecule has 0 saturated heterocycles. The zero-order valence-corrected chi connectivity index (χ0v) is 9.44. The van der Waals surface area contributed by atoms with Crippen molar-refractivity contribution in [2.45, 2.75) is 58.3 Å². The predicted octanol–water partition coefficient (Wildman–Crippen LogP) is 4.33. The van der Waals surface area contributed by atoms with E-state index in [1.165, 1.54) is 38.5 Å². The summed E-state index contributed by atoms with van der Waals surface area (Å²) in [5.41, 5.74) is 1.82. The van der Waals surface area contributed by atoms with Gasteiger partial charge in [0.1, 0.15) is 0 Å². The summed E-state index contributed by atoms with van der Waals surface area (Å²) in [6.45, 7) is 5.99. The van der Waals surface area contributed by atoms with Crippen LogP contribution in [0.15, 0.2) is 12.2 Å². The Hall–Kier alpha value is -0.590. The Morgan fingerprint density at radius 3 is 2.50 bits per heavy atom. The molecule has 0 aromatic rings. The van der Waals surface area contributed by atoms with E-state index in [1.54, 1.807) is 0 Å². The summed E-state index contributed by atoms with van der Waals surface area (Å²) in [4.78, 5) is 0. The maximum atomic E-state index is 7.81. The van der Waals surface area contributed by atoms with Gasteiger partial charge >= 0.3 is 0 Å². The first-order valence-corrected chi connectivity index (χ1v) is 5.99. The summed E-state index contributed by atoms with van der Waals surface area (Å²) >= 11 is 0. The molecular formula is C13H23N. The van der Waals surface area contributed by atoms with Crippen molar-refractivity contribution >= 4 is 5.71 Å². The van der Waals surface area contributed by atoms with Crippen molar-refractivity contribution in [3.05, 3.63) is 12.2 Å². The van der Waals surface area contributed by atoms with Crippen LogP contribution in [-0.4, -0.2) is 5.71 Å². The Labute approximate surface area is 88.1 Å². The minimum Gasteiger partial charge on any atom is -0.305 e. The maximum Gasteiger partial charge on any atom is 0.0339 e. The van der Waals surface area contributed by atoms with Crippen LogP contribution in [0.5, 0.6) is 0 Å². The molecule has 1 N–H and O–H groups in total. The van der Waals surface area contributed by atoms with Crippen molar-refractivity contribution in [3.8, 4) is 0 Å². The van der Waals surface area contributed by atoms with E-state index >= 15 is 0 Å². The van der Waals surface area contributed by atoms with Gasteiger partial charge in [-0.05, 0) is 30.8 Å². The summed E-state index contributed by atoms with van der Waals surface area (Å²) in [6, 6.07) is 0. The highest BCUT2D eigenvalue weighted by molar-refractivity contribution is 5.96. The first-order valence-electron chi connectivity index (χ1n) is 5.99. The molecule has 1 saturated carbocycles. The Morgan fingerprint density at radius 1 is 1.29 bits per heavy atom. The number of hydrogen-bond acceptors (Lipinski definition) is 1.